The van der Waals surface area contributed by atoms with E-state index in [1.807, 2.05) is 21.1 Å². The summed E-state index contributed by atoms with van der Waals surface area (Å²) in [6.45, 7) is 7.32. The SMILES string of the molecule is C=C(C)C(=O)OC(CCC)[N+](C)(C)C.[F-]. The van der Waals surface area contributed by atoms with Crippen LogP contribution in [0, 0.1) is 0 Å². The fourth-order valence-electron chi connectivity index (χ4n) is 1.08. The van der Waals surface area contributed by atoms with Crippen molar-refractivity contribution in [2.24, 2.45) is 0 Å². The van der Waals surface area contributed by atoms with Crippen LogP contribution in [-0.2, 0) is 9.53 Å². The van der Waals surface area contributed by atoms with Gasteiger partial charge in [-0.25, -0.2) is 4.79 Å². The number of esters is 1. The molecule has 3 nitrogen and oxygen atoms in total. The van der Waals surface area contributed by atoms with E-state index in [2.05, 4.69) is 13.5 Å². The van der Waals surface area contributed by atoms with Crippen LogP contribution in [0.15, 0.2) is 12.2 Å². The van der Waals surface area contributed by atoms with Crippen molar-refractivity contribution in [3.8, 4) is 0 Å². The van der Waals surface area contributed by atoms with E-state index in [-0.39, 0.29) is 16.9 Å². The number of ether oxygens (including phenoxy) is 1. The van der Waals surface area contributed by atoms with Gasteiger partial charge < -0.3 is 9.44 Å². The van der Waals surface area contributed by atoms with Crippen molar-refractivity contribution in [3.63, 3.8) is 0 Å². The summed E-state index contributed by atoms with van der Waals surface area (Å²) in [6.07, 6.45) is 1.80. The van der Waals surface area contributed by atoms with E-state index in [1.54, 1.807) is 6.92 Å². The molecular weight excluding hydrogens is 197 g/mol. The molecule has 1 unspecified atom stereocenters. The summed E-state index contributed by atoms with van der Waals surface area (Å²) >= 11 is 0. The van der Waals surface area contributed by atoms with Gasteiger partial charge in [-0.15, -0.1) is 0 Å². The Morgan fingerprint density at radius 3 is 2.13 bits per heavy atom. The van der Waals surface area contributed by atoms with Gasteiger partial charge in [0.2, 0.25) is 6.23 Å². The predicted molar refractivity (Wildman–Crippen MR) is 57.6 cm³/mol. The Kier molecular flexibility index (Phi) is 7.23. The number of quaternary nitrogens is 1. The van der Waals surface area contributed by atoms with Gasteiger partial charge in [-0.3, -0.25) is 4.48 Å². The quantitative estimate of drug-likeness (QED) is 0.255. The first-order valence-electron chi connectivity index (χ1n) is 4.96. The second kappa shape index (κ2) is 6.56. The molecule has 0 aliphatic heterocycles. The van der Waals surface area contributed by atoms with Gasteiger partial charge in [0.25, 0.3) is 0 Å². The van der Waals surface area contributed by atoms with E-state index >= 15 is 0 Å². The third-order valence-electron chi connectivity index (χ3n) is 1.99. The van der Waals surface area contributed by atoms with Crippen LogP contribution in [0.2, 0.25) is 0 Å². The molecule has 0 aromatic rings. The minimum atomic E-state index is -0.295. The molecule has 0 N–H and O–H groups in total. The number of carbonyl (C=O) groups excluding carboxylic acids is 1. The fraction of sp³-hybridized carbons (Fsp3) is 0.727. The normalized spacial score (nSPS) is 12.6. The molecule has 0 radical (unpaired) electrons. The highest BCUT2D eigenvalue weighted by atomic mass is 19.0. The van der Waals surface area contributed by atoms with E-state index in [0.717, 1.165) is 12.8 Å². The maximum absolute atomic E-state index is 11.3. The minimum Gasteiger partial charge on any atom is -1.00 e. The van der Waals surface area contributed by atoms with Gasteiger partial charge in [0.1, 0.15) is 0 Å². The largest absolute Gasteiger partial charge is 1.00 e. The summed E-state index contributed by atoms with van der Waals surface area (Å²) in [4.78, 5) is 11.3. The van der Waals surface area contributed by atoms with Crippen molar-refractivity contribution in [3.05, 3.63) is 12.2 Å². The predicted octanol–water partition coefficient (Wildman–Crippen LogP) is -1.06. The van der Waals surface area contributed by atoms with Gasteiger partial charge in [-0.1, -0.05) is 13.5 Å². The van der Waals surface area contributed by atoms with Crippen LogP contribution in [0.5, 0.6) is 0 Å². The first-order valence-corrected chi connectivity index (χ1v) is 4.96. The Balaban J connectivity index is 0. The molecule has 4 heteroatoms. The van der Waals surface area contributed by atoms with Gasteiger partial charge >= 0.3 is 5.97 Å². The molecule has 1 atom stereocenters. The lowest BCUT2D eigenvalue weighted by Crippen LogP contribution is -3.00. The summed E-state index contributed by atoms with van der Waals surface area (Å²) in [7, 11) is 6.06. The highest BCUT2D eigenvalue weighted by Gasteiger charge is 2.26. The second-order valence-electron chi connectivity index (χ2n) is 4.55. The lowest BCUT2D eigenvalue weighted by molar-refractivity contribution is -0.917. The zero-order valence-electron chi connectivity index (χ0n) is 10.3. The molecule has 0 spiro atoms. The van der Waals surface area contributed by atoms with Crippen LogP contribution in [0.3, 0.4) is 0 Å². The maximum atomic E-state index is 11.3. The van der Waals surface area contributed by atoms with Gasteiger partial charge in [0.05, 0.1) is 21.1 Å². The van der Waals surface area contributed by atoms with E-state index in [9.17, 15) is 4.79 Å². The molecule has 0 fully saturated rings. The molecule has 0 rings (SSSR count). The topological polar surface area (TPSA) is 26.3 Å². The highest BCUT2D eigenvalue weighted by molar-refractivity contribution is 5.86. The number of hydrogen-bond acceptors (Lipinski definition) is 2. The van der Waals surface area contributed by atoms with Gasteiger partial charge in [-0.05, 0) is 13.3 Å². The lowest BCUT2D eigenvalue weighted by Gasteiger charge is -2.32. The first-order chi connectivity index (χ1) is 6.29. The van der Waals surface area contributed by atoms with Crippen LogP contribution in [0.4, 0.5) is 0 Å². The summed E-state index contributed by atoms with van der Waals surface area (Å²) in [5.74, 6) is -0.295. The standard InChI is InChI=1S/C11H22NO2.FH/c1-7-8-10(12(4,5)6)14-11(13)9(2)3;/h10H,2,7-8H2,1,3-6H3;1H/q+1;/p-1. The third-order valence-corrected chi connectivity index (χ3v) is 1.99. The van der Waals surface area contributed by atoms with E-state index in [0.29, 0.717) is 10.1 Å². The number of nitrogens with zero attached hydrogens (tertiary/aromatic N) is 1. The lowest BCUT2D eigenvalue weighted by atomic mass is 10.2. The Bertz CT molecular complexity index is 221. The Morgan fingerprint density at radius 2 is 1.87 bits per heavy atom. The molecule has 90 valence electrons. The van der Waals surface area contributed by atoms with Crippen LogP contribution in [0.1, 0.15) is 26.7 Å². The summed E-state index contributed by atoms with van der Waals surface area (Å²) < 4.78 is 5.98. The molecule has 0 aliphatic carbocycles. The smallest absolute Gasteiger partial charge is 0.337 e. The number of halogens is 1. The summed E-state index contributed by atoms with van der Waals surface area (Å²) in [5, 5.41) is 0. The number of rotatable bonds is 5. The molecule has 0 saturated carbocycles. The Morgan fingerprint density at radius 1 is 1.40 bits per heavy atom. The third kappa shape index (κ3) is 6.23. The van der Waals surface area contributed by atoms with Gasteiger partial charge in [0.15, 0.2) is 0 Å². The molecule has 0 amide bonds. The average Bonchev–Trinajstić information content (AvgIpc) is 2.01. The monoisotopic (exact) mass is 219 g/mol. The average molecular weight is 219 g/mol. The second-order valence-corrected chi connectivity index (χ2v) is 4.55. The Labute approximate surface area is 91.7 Å². The molecule has 0 aromatic carbocycles. The van der Waals surface area contributed by atoms with E-state index < -0.39 is 0 Å². The summed E-state index contributed by atoms with van der Waals surface area (Å²) in [5.41, 5.74) is 0.458. The zero-order valence-corrected chi connectivity index (χ0v) is 10.3. The molecule has 0 bridgehead atoms. The van der Waals surface area contributed by atoms with Crippen molar-refractivity contribution in [2.75, 3.05) is 21.1 Å². The van der Waals surface area contributed by atoms with Crippen LogP contribution in [-0.4, -0.2) is 37.8 Å². The van der Waals surface area contributed by atoms with E-state index in [1.165, 1.54) is 0 Å². The van der Waals surface area contributed by atoms with Gasteiger partial charge in [-0.2, -0.15) is 0 Å². The zero-order chi connectivity index (χ0) is 11.4. The van der Waals surface area contributed by atoms with Crippen LogP contribution >= 0.6 is 0 Å². The minimum absolute atomic E-state index is 0. The molecule has 15 heavy (non-hydrogen) atoms. The number of hydrogen-bond donors (Lipinski definition) is 0. The maximum Gasteiger partial charge on any atom is 0.337 e. The van der Waals surface area contributed by atoms with Gasteiger partial charge in [0, 0.05) is 12.0 Å². The summed E-state index contributed by atoms with van der Waals surface area (Å²) in [6, 6.07) is 0. The molecule has 0 aromatic heterocycles. The van der Waals surface area contributed by atoms with Crippen molar-refractivity contribution in [1.29, 1.82) is 0 Å². The van der Waals surface area contributed by atoms with Crippen LogP contribution < -0.4 is 4.70 Å². The van der Waals surface area contributed by atoms with Crippen molar-refractivity contribution >= 4 is 5.97 Å². The molecule has 0 saturated heterocycles. The molecule has 0 heterocycles. The fourth-order valence-corrected chi connectivity index (χ4v) is 1.08. The van der Waals surface area contributed by atoms with Crippen LogP contribution in [0.25, 0.3) is 0 Å². The van der Waals surface area contributed by atoms with E-state index in [4.69, 9.17) is 4.74 Å². The van der Waals surface area contributed by atoms with Crippen molar-refractivity contribution < 1.29 is 18.7 Å². The molecule has 0 aliphatic rings. The van der Waals surface area contributed by atoms with Crippen molar-refractivity contribution in [2.45, 2.75) is 32.9 Å². The van der Waals surface area contributed by atoms with Crippen molar-refractivity contribution in [1.82, 2.24) is 0 Å². The number of carbonyl (C=O) groups is 1. The first kappa shape index (κ1) is 16.5. The highest BCUT2D eigenvalue weighted by Crippen LogP contribution is 2.13. The molecular formula is C11H22FNO2. The Hall–Kier alpha value is -0.900.